The van der Waals surface area contributed by atoms with Crippen molar-refractivity contribution in [2.45, 2.75) is 45.4 Å². The Balaban J connectivity index is 1.44. The largest absolute Gasteiger partial charge is 0.416 e. The zero-order valence-corrected chi connectivity index (χ0v) is 20.7. The molecule has 2 N–H and O–H groups in total. The number of carbonyl (C=O) groups excluding carboxylic acids is 1. The fourth-order valence-electron chi connectivity index (χ4n) is 4.66. The molecule has 4 rings (SSSR count). The molecule has 1 saturated heterocycles. The smallest absolute Gasteiger partial charge is 0.390 e. The maximum Gasteiger partial charge on any atom is 0.416 e. The summed E-state index contributed by atoms with van der Waals surface area (Å²) in [6.07, 6.45) is 0.342. The average molecular weight is 502 g/mol. The molecule has 7 nitrogen and oxygen atoms in total. The predicted octanol–water partition coefficient (Wildman–Crippen LogP) is 5.05. The number of rotatable bonds is 5. The second-order valence-corrected chi connectivity index (χ2v) is 9.83. The number of halogens is 3. The SMILES string of the molecule is Cc1cc(NC(=O)c2cnc(-c3ccc(C(F)(F)F)cc3)n2C)cnc1N1CCC(C(C)(C)O)CC1. The van der Waals surface area contributed by atoms with Gasteiger partial charge in [-0.25, -0.2) is 9.97 Å². The van der Waals surface area contributed by atoms with Gasteiger partial charge in [-0.1, -0.05) is 12.1 Å². The highest BCUT2D eigenvalue weighted by Crippen LogP contribution is 2.32. The summed E-state index contributed by atoms with van der Waals surface area (Å²) in [7, 11) is 1.64. The van der Waals surface area contributed by atoms with Crippen molar-refractivity contribution < 1.29 is 23.1 Å². The first-order chi connectivity index (χ1) is 16.8. The number of aromatic nitrogens is 3. The number of aryl methyl sites for hydroxylation is 1. The van der Waals surface area contributed by atoms with Crippen molar-refractivity contribution in [3.8, 4) is 11.4 Å². The molecule has 1 amide bonds. The van der Waals surface area contributed by atoms with Crippen LogP contribution in [0.25, 0.3) is 11.4 Å². The summed E-state index contributed by atoms with van der Waals surface area (Å²) in [5.41, 5.74) is 0.752. The Morgan fingerprint density at radius 1 is 1.08 bits per heavy atom. The molecule has 3 aromatic rings. The Morgan fingerprint density at radius 3 is 2.28 bits per heavy atom. The maximum atomic E-state index is 12.9. The van der Waals surface area contributed by atoms with Crippen molar-refractivity contribution in [2.75, 3.05) is 23.3 Å². The van der Waals surface area contributed by atoms with E-state index in [0.717, 1.165) is 49.4 Å². The van der Waals surface area contributed by atoms with Crippen LogP contribution in [-0.4, -0.2) is 44.2 Å². The van der Waals surface area contributed by atoms with Crippen molar-refractivity contribution in [3.63, 3.8) is 0 Å². The van der Waals surface area contributed by atoms with Gasteiger partial charge in [0.1, 0.15) is 17.3 Å². The molecule has 0 atom stereocenters. The highest BCUT2D eigenvalue weighted by molar-refractivity contribution is 6.03. The zero-order valence-electron chi connectivity index (χ0n) is 20.7. The first-order valence-electron chi connectivity index (χ1n) is 11.8. The molecule has 1 aliphatic rings. The van der Waals surface area contributed by atoms with E-state index in [1.165, 1.54) is 18.3 Å². The van der Waals surface area contributed by atoms with Crippen LogP contribution in [0.2, 0.25) is 0 Å². The molecule has 10 heteroatoms. The summed E-state index contributed by atoms with van der Waals surface area (Å²) < 4.78 is 40.1. The van der Waals surface area contributed by atoms with Crippen LogP contribution in [0.5, 0.6) is 0 Å². The first-order valence-corrected chi connectivity index (χ1v) is 11.8. The lowest BCUT2D eigenvalue weighted by molar-refractivity contribution is -0.137. The standard InChI is InChI=1S/C26H30F3N5O2/c1-16-13-20(14-30-22(16)34-11-9-18(10-12-34)25(2,3)36)32-24(35)21-15-31-23(33(21)4)17-5-7-19(8-6-17)26(27,28)29/h5-8,13-15,18,36H,9-12H2,1-4H3,(H,32,35). The number of aliphatic hydroxyl groups is 1. The van der Waals surface area contributed by atoms with Crippen molar-refractivity contribution in [3.05, 3.63) is 59.5 Å². The third kappa shape index (κ3) is 5.38. The van der Waals surface area contributed by atoms with Gasteiger partial charge in [0.15, 0.2) is 0 Å². The van der Waals surface area contributed by atoms with E-state index in [2.05, 4.69) is 20.2 Å². The van der Waals surface area contributed by atoms with Gasteiger partial charge in [-0.2, -0.15) is 13.2 Å². The van der Waals surface area contributed by atoms with E-state index in [4.69, 9.17) is 0 Å². The monoisotopic (exact) mass is 501 g/mol. The van der Waals surface area contributed by atoms with Crippen molar-refractivity contribution in [1.82, 2.24) is 14.5 Å². The second kappa shape index (κ2) is 9.57. The van der Waals surface area contributed by atoms with Gasteiger partial charge in [-0.05, 0) is 63.3 Å². The minimum Gasteiger partial charge on any atom is -0.390 e. The van der Waals surface area contributed by atoms with Gasteiger partial charge in [0.25, 0.3) is 5.91 Å². The number of imidazole rings is 1. The van der Waals surface area contributed by atoms with Gasteiger partial charge in [0.2, 0.25) is 0 Å². The number of anilines is 2. The predicted molar refractivity (Wildman–Crippen MR) is 132 cm³/mol. The van der Waals surface area contributed by atoms with Gasteiger partial charge in [-0.15, -0.1) is 0 Å². The zero-order chi connectivity index (χ0) is 26.3. The number of piperidine rings is 1. The van der Waals surface area contributed by atoms with Crippen molar-refractivity contribution in [1.29, 1.82) is 0 Å². The summed E-state index contributed by atoms with van der Waals surface area (Å²) in [6, 6.07) is 6.52. The molecule has 0 aliphatic carbocycles. The first kappa shape index (κ1) is 25.7. The van der Waals surface area contributed by atoms with E-state index in [1.807, 2.05) is 26.8 Å². The second-order valence-electron chi connectivity index (χ2n) is 9.83. The van der Waals surface area contributed by atoms with E-state index >= 15 is 0 Å². The van der Waals surface area contributed by atoms with Crippen LogP contribution in [0.3, 0.4) is 0 Å². The number of hydrogen-bond donors (Lipinski definition) is 2. The van der Waals surface area contributed by atoms with E-state index in [0.29, 0.717) is 17.1 Å². The Hall–Kier alpha value is -3.40. The normalized spacial score (nSPS) is 15.3. The van der Waals surface area contributed by atoms with Crippen molar-refractivity contribution in [2.24, 2.45) is 13.0 Å². The third-order valence-electron chi connectivity index (χ3n) is 6.79. The molecule has 1 aliphatic heterocycles. The van der Waals surface area contributed by atoms with Gasteiger partial charge < -0.3 is 19.9 Å². The molecular formula is C26H30F3N5O2. The summed E-state index contributed by atoms with van der Waals surface area (Å²) >= 11 is 0. The number of nitrogens with one attached hydrogen (secondary N) is 1. The lowest BCUT2D eigenvalue weighted by Crippen LogP contribution is -2.42. The third-order valence-corrected chi connectivity index (χ3v) is 6.79. The van der Waals surface area contributed by atoms with Crippen LogP contribution < -0.4 is 10.2 Å². The lowest BCUT2D eigenvalue weighted by Gasteiger charge is -2.38. The minimum absolute atomic E-state index is 0.249. The molecule has 192 valence electrons. The van der Waals surface area contributed by atoms with Gasteiger partial charge in [0.05, 0.1) is 29.2 Å². The van der Waals surface area contributed by atoms with Crippen LogP contribution in [0.15, 0.2) is 42.7 Å². The minimum atomic E-state index is -4.42. The van der Waals surface area contributed by atoms with Crippen LogP contribution in [0, 0.1) is 12.8 Å². The summed E-state index contributed by atoms with van der Waals surface area (Å²) in [5, 5.41) is 13.1. The summed E-state index contributed by atoms with van der Waals surface area (Å²) in [5.74, 6) is 1.09. The topological polar surface area (TPSA) is 83.3 Å². The highest BCUT2D eigenvalue weighted by Gasteiger charge is 2.32. The lowest BCUT2D eigenvalue weighted by atomic mass is 9.83. The van der Waals surface area contributed by atoms with E-state index in [9.17, 15) is 23.1 Å². The number of carbonyl (C=O) groups is 1. The number of nitrogens with zero attached hydrogens (tertiary/aromatic N) is 4. The number of pyridine rings is 1. The fraction of sp³-hybridized carbons (Fsp3) is 0.423. The summed E-state index contributed by atoms with van der Waals surface area (Å²) in [6.45, 7) is 7.24. The molecule has 2 aromatic heterocycles. The van der Waals surface area contributed by atoms with Crippen LogP contribution in [0.4, 0.5) is 24.7 Å². The molecular weight excluding hydrogens is 471 g/mol. The van der Waals surface area contributed by atoms with Gasteiger partial charge in [-0.3, -0.25) is 4.79 Å². The van der Waals surface area contributed by atoms with Gasteiger partial charge >= 0.3 is 6.18 Å². The highest BCUT2D eigenvalue weighted by atomic mass is 19.4. The van der Waals surface area contributed by atoms with E-state index in [1.54, 1.807) is 17.8 Å². The molecule has 1 aromatic carbocycles. The molecule has 0 bridgehead atoms. The molecule has 1 fully saturated rings. The molecule has 0 spiro atoms. The fourth-order valence-corrected chi connectivity index (χ4v) is 4.66. The van der Waals surface area contributed by atoms with Crippen molar-refractivity contribution >= 4 is 17.4 Å². The van der Waals surface area contributed by atoms with Gasteiger partial charge in [0, 0.05) is 25.7 Å². The van der Waals surface area contributed by atoms with Crippen LogP contribution in [0.1, 0.15) is 48.3 Å². The molecule has 36 heavy (non-hydrogen) atoms. The number of alkyl halides is 3. The van der Waals surface area contributed by atoms with E-state index < -0.39 is 23.2 Å². The molecule has 0 saturated carbocycles. The molecule has 0 radical (unpaired) electrons. The summed E-state index contributed by atoms with van der Waals surface area (Å²) in [4.78, 5) is 23.9. The van der Waals surface area contributed by atoms with Crippen LogP contribution in [-0.2, 0) is 13.2 Å². The maximum absolute atomic E-state index is 12.9. The van der Waals surface area contributed by atoms with Crippen LogP contribution >= 0.6 is 0 Å². The Morgan fingerprint density at radius 2 is 1.72 bits per heavy atom. The quantitative estimate of drug-likeness (QED) is 0.511. The molecule has 3 heterocycles. The number of hydrogen-bond acceptors (Lipinski definition) is 5. The average Bonchev–Trinajstić information content (AvgIpc) is 3.19. The van der Waals surface area contributed by atoms with E-state index in [-0.39, 0.29) is 11.6 Å². The Kier molecular flexibility index (Phi) is 6.83. The number of amides is 1. The Labute approximate surface area is 208 Å². The molecule has 0 unspecified atom stereocenters. The number of benzene rings is 1. The Bertz CT molecular complexity index is 1240.